The molecule has 1 N–H and O–H groups in total. The molecule has 1 heterocycles. The van der Waals surface area contributed by atoms with Crippen molar-refractivity contribution in [2.24, 2.45) is 10.9 Å². The molecule has 25 heavy (non-hydrogen) atoms. The molecule has 1 aliphatic rings. The van der Waals surface area contributed by atoms with Crippen LogP contribution in [0.2, 0.25) is 0 Å². The van der Waals surface area contributed by atoms with Crippen molar-refractivity contribution in [2.45, 2.75) is 26.2 Å². The number of nitrogens with zero attached hydrogens (tertiary/aromatic N) is 2. The molecule has 0 radical (unpaired) electrons. The lowest BCUT2D eigenvalue weighted by Crippen LogP contribution is -2.40. The average molecular weight is 348 g/mol. The zero-order chi connectivity index (χ0) is 17.7. The Kier molecular flexibility index (Phi) is 9.37. The Balaban J connectivity index is 1.74. The van der Waals surface area contributed by atoms with Gasteiger partial charge < -0.3 is 19.7 Å². The molecule has 0 aromatic heterocycles. The van der Waals surface area contributed by atoms with Gasteiger partial charge in [0.2, 0.25) is 0 Å². The van der Waals surface area contributed by atoms with E-state index in [1.54, 1.807) is 7.11 Å². The van der Waals surface area contributed by atoms with Gasteiger partial charge in [-0.3, -0.25) is 4.99 Å². The lowest BCUT2D eigenvalue weighted by Gasteiger charge is -2.21. The van der Waals surface area contributed by atoms with E-state index in [4.69, 9.17) is 14.5 Å². The van der Waals surface area contributed by atoms with E-state index < -0.39 is 0 Å². The normalized spacial score (nSPS) is 17.9. The van der Waals surface area contributed by atoms with Crippen molar-refractivity contribution in [1.29, 1.82) is 0 Å². The van der Waals surface area contributed by atoms with Crippen LogP contribution < -0.4 is 5.32 Å². The minimum Gasteiger partial charge on any atom is -0.382 e. The summed E-state index contributed by atoms with van der Waals surface area (Å²) in [5, 5.41) is 3.44. The molecule has 5 heteroatoms. The quantitative estimate of drug-likeness (QED) is 0.401. The maximum Gasteiger partial charge on any atom is 0.193 e. The first-order valence-electron chi connectivity index (χ1n) is 9.47. The van der Waals surface area contributed by atoms with E-state index in [9.17, 15) is 0 Å². The van der Waals surface area contributed by atoms with Crippen molar-refractivity contribution >= 4 is 5.96 Å². The van der Waals surface area contributed by atoms with E-state index in [0.717, 1.165) is 51.6 Å². The summed E-state index contributed by atoms with van der Waals surface area (Å²) < 4.78 is 10.5. The Hall–Kier alpha value is -1.59. The van der Waals surface area contributed by atoms with Gasteiger partial charge in [-0.25, -0.2) is 0 Å². The first kappa shape index (κ1) is 19.7. The highest BCUT2D eigenvalue weighted by Crippen LogP contribution is 2.20. The van der Waals surface area contributed by atoms with Gasteiger partial charge >= 0.3 is 0 Å². The predicted molar refractivity (Wildman–Crippen MR) is 103 cm³/mol. The van der Waals surface area contributed by atoms with Crippen LogP contribution in [0.25, 0.3) is 0 Å². The standard InChI is InChI=1S/C20H33N3O2/c1-3-21-20(22-11-7-13-25-15-14-24-2)23-12-10-19(17-23)16-18-8-5-4-6-9-18/h4-6,8-9,19H,3,7,10-17H2,1-2H3,(H,21,22). The summed E-state index contributed by atoms with van der Waals surface area (Å²) in [6, 6.07) is 10.8. The lowest BCUT2D eigenvalue weighted by molar-refractivity contribution is 0.0702. The van der Waals surface area contributed by atoms with Crippen molar-refractivity contribution in [2.75, 3.05) is 53.1 Å². The maximum atomic E-state index is 5.50. The highest BCUT2D eigenvalue weighted by Gasteiger charge is 2.24. The molecule has 0 spiro atoms. The van der Waals surface area contributed by atoms with Crippen LogP contribution in [-0.4, -0.2) is 64.0 Å². The Bertz CT molecular complexity index is 493. The zero-order valence-corrected chi connectivity index (χ0v) is 15.7. The fraction of sp³-hybridized carbons (Fsp3) is 0.650. The summed E-state index contributed by atoms with van der Waals surface area (Å²) in [6.45, 7) is 8.07. The van der Waals surface area contributed by atoms with Gasteiger partial charge in [0, 0.05) is 39.9 Å². The van der Waals surface area contributed by atoms with Crippen LogP contribution in [-0.2, 0) is 15.9 Å². The van der Waals surface area contributed by atoms with Gasteiger partial charge in [-0.1, -0.05) is 30.3 Å². The van der Waals surface area contributed by atoms with Crippen LogP contribution >= 0.6 is 0 Å². The third-order valence-electron chi connectivity index (χ3n) is 4.43. The first-order chi connectivity index (χ1) is 12.3. The number of methoxy groups -OCH3 is 1. The van der Waals surface area contributed by atoms with Crippen molar-refractivity contribution < 1.29 is 9.47 Å². The molecule has 1 fully saturated rings. The highest BCUT2D eigenvalue weighted by molar-refractivity contribution is 5.80. The van der Waals surface area contributed by atoms with Crippen LogP contribution in [0.5, 0.6) is 0 Å². The minimum atomic E-state index is 0.655. The number of rotatable bonds is 10. The average Bonchev–Trinajstić information content (AvgIpc) is 3.09. The van der Waals surface area contributed by atoms with Crippen LogP contribution in [0.1, 0.15) is 25.3 Å². The molecule has 1 saturated heterocycles. The fourth-order valence-corrected chi connectivity index (χ4v) is 3.16. The van der Waals surface area contributed by atoms with Gasteiger partial charge in [0.1, 0.15) is 0 Å². The maximum absolute atomic E-state index is 5.50. The van der Waals surface area contributed by atoms with Gasteiger partial charge in [0.15, 0.2) is 5.96 Å². The number of guanidine groups is 1. The van der Waals surface area contributed by atoms with Crippen LogP contribution in [0.15, 0.2) is 35.3 Å². The number of aliphatic imine (C=N–C) groups is 1. The summed E-state index contributed by atoms with van der Waals surface area (Å²) >= 11 is 0. The van der Waals surface area contributed by atoms with Gasteiger partial charge in [-0.15, -0.1) is 0 Å². The predicted octanol–water partition coefficient (Wildman–Crippen LogP) is 2.57. The smallest absolute Gasteiger partial charge is 0.193 e. The number of hydrogen-bond acceptors (Lipinski definition) is 3. The molecule has 0 amide bonds. The van der Waals surface area contributed by atoms with E-state index in [2.05, 4.69) is 47.5 Å². The third kappa shape index (κ3) is 7.45. The monoisotopic (exact) mass is 347 g/mol. The number of nitrogens with one attached hydrogen (secondary N) is 1. The minimum absolute atomic E-state index is 0.655. The molecule has 2 rings (SSSR count). The molecule has 5 nitrogen and oxygen atoms in total. The van der Waals surface area contributed by atoms with Crippen molar-refractivity contribution in [3.8, 4) is 0 Å². The van der Waals surface area contributed by atoms with E-state index in [-0.39, 0.29) is 0 Å². The molecule has 0 aliphatic carbocycles. The number of likely N-dealkylation sites (tertiary alicyclic amines) is 1. The third-order valence-corrected chi connectivity index (χ3v) is 4.43. The number of benzene rings is 1. The molecule has 0 bridgehead atoms. The van der Waals surface area contributed by atoms with Gasteiger partial charge in [-0.05, 0) is 37.7 Å². The SMILES string of the molecule is CCNC(=NCCCOCCOC)N1CCC(Cc2ccccc2)C1. The number of ether oxygens (including phenoxy) is 2. The first-order valence-corrected chi connectivity index (χ1v) is 9.47. The Labute approximate surface area is 152 Å². The van der Waals surface area contributed by atoms with Crippen LogP contribution in [0, 0.1) is 5.92 Å². The molecule has 1 aromatic carbocycles. The fourth-order valence-electron chi connectivity index (χ4n) is 3.16. The van der Waals surface area contributed by atoms with E-state index in [1.807, 2.05) is 0 Å². The summed E-state index contributed by atoms with van der Waals surface area (Å²) in [5.74, 6) is 1.76. The van der Waals surface area contributed by atoms with Gasteiger partial charge in [0.05, 0.1) is 13.2 Å². The highest BCUT2D eigenvalue weighted by atomic mass is 16.5. The summed E-state index contributed by atoms with van der Waals surface area (Å²) in [6.07, 6.45) is 3.34. The Morgan fingerprint density at radius 2 is 2.08 bits per heavy atom. The summed E-state index contributed by atoms with van der Waals surface area (Å²) in [7, 11) is 1.69. The lowest BCUT2D eigenvalue weighted by atomic mass is 9.99. The van der Waals surface area contributed by atoms with Gasteiger partial charge in [0.25, 0.3) is 0 Å². The topological polar surface area (TPSA) is 46.1 Å². The van der Waals surface area contributed by atoms with Gasteiger partial charge in [-0.2, -0.15) is 0 Å². The molecular formula is C20H33N3O2. The van der Waals surface area contributed by atoms with Crippen molar-refractivity contribution in [3.63, 3.8) is 0 Å². The molecule has 1 unspecified atom stereocenters. The van der Waals surface area contributed by atoms with E-state index >= 15 is 0 Å². The molecule has 0 saturated carbocycles. The van der Waals surface area contributed by atoms with Crippen molar-refractivity contribution in [1.82, 2.24) is 10.2 Å². The van der Waals surface area contributed by atoms with Crippen LogP contribution in [0.3, 0.4) is 0 Å². The Morgan fingerprint density at radius 3 is 2.84 bits per heavy atom. The molecule has 140 valence electrons. The number of hydrogen-bond donors (Lipinski definition) is 1. The second kappa shape index (κ2) is 11.9. The summed E-state index contributed by atoms with van der Waals surface area (Å²) in [4.78, 5) is 7.18. The van der Waals surface area contributed by atoms with Crippen LogP contribution in [0.4, 0.5) is 0 Å². The second-order valence-electron chi connectivity index (χ2n) is 6.48. The van der Waals surface area contributed by atoms with E-state index in [0.29, 0.717) is 19.1 Å². The largest absolute Gasteiger partial charge is 0.382 e. The molecule has 1 aliphatic heterocycles. The van der Waals surface area contributed by atoms with Crippen molar-refractivity contribution in [3.05, 3.63) is 35.9 Å². The molecular weight excluding hydrogens is 314 g/mol. The summed E-state index contributed by atoms with van der Waals surface area (Å²) in [5.41, 5.74) is 1.43. The molecule has 1 atom stereocenters. The Morgan fingerprint density at radius 1 is 1.24 bits per heavy atom. The second-order valence-corrected chi connectivity index (χ2v) is 6.48. The van der Waals surface area contributed by atoms with E-state index in [1.165, 1.54) is 12.0 Å². The molecule has 1 aromatic rings. The zero-order valence-electron chi connectivity index (χ0n) is 15.7.